The fraction of sp³-hybridized carbons (Fsp3) is 0.250. The molecule has 1 unspecified atom stereocenters. The molecule has 0 radical (unpaired) electrons. The number of carbonyl (C=O) groups excluding carboxylic acids is 2. The second kappa shape index (κ2) is 8.55. The minimum Gasteiger partial charge on any atom is -0.478 e. The van der Waals surface area contributed by atoms with Crippen LogP contribution < -0.4 is 5.32 Å². The summed E-state index contributed by atoms with van der Waals surface area (Å²) in [6.45, 7) is 1.67. The van der Waals surface area contributed by atoms with Crippen molar-refractivity contribution >= 4 is 34.4 Å². The van der Waals surface area contributed by atoms with Crippen LogP contribution in [0, 0.1) is 5.92 Å². The molecule has 2 N–H and O–H groups in total. The molecule has 0 aliphatic heterocycles. The molecule has 1 aliphatic rings. The van der Waals surface area contributed by atoms with Crippen LogP contribution in [0.5, 0.6) is 0 Å². The summed E-state index contributed by atoms with van der Waals surface area (Å²) in [7, 11) is 0. The van der Waals surface area contributed by atoms with Gasteiger partial charge in [0, 0.05) is 16.8 Å². The Kier molecular flexibility index (Phi) is 5.66. The van der Waals surface area contributed by atoms with E-state index in [1.165, 1.54) is 18.2 Å². The number of esters is 1. The van der Waals surface area contributed by atoms with Crippen molar-refractivity contribution < 1.29 is 24.2 Å². The Labute approximate surface area is 179 Å². The highest BCUT2D eigenvalue weighted by molar-refractivity contribution is 6.06. The summed E-state index contributed by atoms with van der Waals surface area (Å²) in [4.78, 5) is 41.1. The van der Waals surface area contributed by atoms with Gasteiger partial charge in [-0.1, -0.05) is 31.2 Å². The molecule has 1 atom stereocenters. The number of carboxylic acids is 1. The van der Waals surface area contributed by atoms with Gasteiger partial charge < -0.3 is 15.2 Å². The van der Waals surface area contributed by atoms with Crippen molar-refractivity contribution in [3.63, 3.8) is 0 Å². The number of aryl methyl sites for hydroxylation is 1. The Balaban J connectivity index is 1.54. The summed E-state index contributed by atoms with van der Waals surface area (Å²) >= 11 is 0. The van der Waals surface area contributed by atoms with Crippen LogP contribution in [0.15, 0.2) is 48.5 Å². The molecule has 7 heteroatoms. The zero-order valence-electron chi connectivity index (χ0n) is 17.1. The van der Waals surface area contributed by atoms with E-state index in [1.807, 2.05) is 24.3 Å². The maximum absolute atomic E-state index is 13.0. The molecular formula is C24H22N2O5. The van der Waals surface area contributed by atoms with Crippen LogP contribution in [-0.4, -0.2) is 34.5 Å². The van der Waals surface area contributed by atoms with E-state index >= 15 is 0 Å². The maximum Gasteiger partial charge on any atom is 0.339 e. The zero-order chi connectivity index (χ0) is 22.0. The number of fused-ring (bicyclic) bond motifs is 2. The lowest BCUT2D eigenvalue weighted by atomic mass is 9.84. The molecular weight excluding hydrogens is 396 g/mol. The number of aromatic carboxylic acids is 1. The standard InChI is InChI=1S/C24H22N2O5/c1-14-9-10-20-18(11-14)22(17-7-2-3-8-19(17)26-20)24(30)31-13-21(27)25-16-6-4-5-15(12-16)23(28)29/h2-8,12,14H,9-11,13H2,1H3,(H,25,27)(H,28,29). The monoisotopic (exact) mass is 418 g/mol. The lowest BCUT2D eigenvalue weighted by Crippen LogP contribution is -2.23. The molecule has 1 aromatic heterocycles. The van der Waals surface area contributed by atoms with Gasteiger partial charge in [0.05, 0.1) is 16.6 Å². The highest BCUT2D eigenvalue weighted by Crippen LogP contribution is 2.32. The first-order valence-electron chi connectivity index (χ1n) is 10.1. The zero-order valence-corrected chi connectivity index (χ0v) is 17.1. The normalized spacial score (nSPS) is 15.2. The van der Waals surface area contributed by atoms with E-state index in [-0.39, 0.29) is 5.56 Å². The number of benzene rings is 2. The fourth-order valence-corrected chi connectivity index (χ4v) is 3.93. The summed E-state index contributed by atoms with van der Waals surface area (Å²) in [5, 5.41) is 12.3. The highest BCUT2D eigenvalue weighted by Gasteiger charge is 2.26. The SMILES string of the molecule is CC1CCc2nc3ccccc3c(C(=O)OCC(=O)Nc3cccc(C(=O)O)c3)c2C1. The van der Waals surface area contributed by atoms with Gasteiger partial charge in [0.1, 0.15) is 0 Å². The van der Waals surface area contributed by atoms with E-state index in [2.05, 4.69) is 12.2 Å². The lowest BCUT2D eigenvalue weighted by Gasteiger charge is -2.24. The molecule has 31 heavy (non-hydrogen) atoms. The molecule has 1 amide bonds. The average Bonchev–Trinajstić information content (AvgIpc) is 2.76. The van der Waals surface area contributed by atoms with Crippen molar-refractivity contribution in [3.8, 4) is 0 Å². The summed E-state index contributed by atoms with van der Waals surface area (Å²) in [6, 6.07) is 13.3. The average molecular weight is 418 g/mol. The van der Waals surface area contributed by atoms with Crippen molar-refractivity contribution in [2.45, 2.75) is 26.2 Å². The lowest BCUT2D eigenvalue weighted by molar-refractivity contribution is -0.119. The third kappa shape index (κ3) is 4.40. The van der Waals surface area contributed by atoms with E-state index in [0.717, 1.165) is 41.4 Å². The topological polar surface area (TPSA) is 106 Å². The van der Waals surface area contributed by atoms with Crippen LogP contribution in [0.4, 0.5) is 5.69 Å². The number of amides is 1. The maximum atomic E-state index is 13.0. The minimum atomic E-state index is -1.09. The fourth-order valence-electron chi connectivity index (χ4n) is 3.93. The van der Waals surface area contributed by atoms with Crippen molar-refractivity contribution in [1.82, 2.24) is 4.98 Å². The molecule has 0 spiro atoms. The quantitative estimate of drug-likeness (QED) is 0.610. The number of para-hydroxylation sites is 1. The van der Waals surface area contributed by atoms with Gasteiger partial charge in [-0.15, -0.1) is 0 Å². The molecule has 4 rings (SSSR count). The molecule has 158 valence electrons. The first kappa shape index (κ1) is 20.5. The molecule has 0 saturated carbocycles. The number of hydrogen-bond donors (Lipinski definition) is 2. The molecule has 1 aliphatic carbocycles. The van der Waals surface area contributed by atoms with E-state index in [0.29, 0.717) is 17.2 Å². The number of hydrogen-bond acceptors (Lipinski definition) is 5. The van der Waals surface area contributed by atoms with E-state index in [1.54, 1.807) is 6.07 Å². The van der Waals surface area contributed by atoms with Crippen LogP contribution in [0.25, 0.3) is 10.9 Å². The van der Waals surface area contributed by atoms with Gasteiger partial charge in [-0.05, 0) is 55.0 Å². The molecule has 3 aromatic rings. The van der Waals surface area contributed by atoms with Crippen molar-refractivity contribution in [2.75, 3.05) is 11.9 Å². The van der Waals surface area contributed by atoms with Crippen LogP contribution in [-0.2, 0) is 22.4 Å². The highest BCUT2D eigenvalue weighted by atomic mass is 16.5. The third-order valence-electron chi connectivity index (χ3n) is 5.44. The van der Waals surface area contributed by atoms with Gasteiger partial charge in [0.15, 0.2) is 6.61 Å². The number of nitrogens with zero attached hydrogens (tertiary/aromatic N) is 1. The number of pyridine rings is 1. The van der Waals surface area contributed by atoms with Crippen LogP contribution in [0.2, 0.25) is 0 Å². The van der Waals surface area contributed by atoms with Gasteiger partial charge in [0.25, 0.3) is 5.91 Å². The molecule has 0 bridgehead atoms. The number of carboxylic acid groups (broad SMARTS) is 1. The van der Waals surface area contributed by atoms with Crippen LogP contribution in [0.3, 0.4) is 0 Å². The van der Waals surface area contributed by atoms with Gasteiger partial charge >= 0.3 is 11.9 Å². The predicted octanol–water partition coefficient (Wildman–Crippen LogP) is 3.85. The molecule has 0 saturated heterocycles. The first-order valence-corrected chi connectivity index (χ1v) is 10.1. The van der Waals surface area contributed by atoms with Gasteiger partial charge in [-0.25, -0.2) is 9.59 Å². The molecule has 1 heterocycles. The van der Waals surface area contributed by atoms with Crippen LogP contribution >= 0.6 is 0 Å². The van der Waals surface area contributed by atoms with Gasteiger partial charge in [-0.2, -0.15) is 0 Å². The summed E-state index contributed by atoms with van der Waals surface area (Å²) in [5.41, 5.74) is 3.40. The number of anilines is 1. The van der Waals surface area contributed by atoms with E-state index in [4.69, 9.17) is 14.8 Å². The van der Waals surface area contributed by atoms with Crippen LogP contribution in [0.1, 0.15) is 45.3 Å². The molecule has 0 fully saturated rings. The minimum absolute atomic E-state index is 0.0544. The number of aromatic nitrogens is 1. The Morgan fingerprint density at radius 3 is 2.77 bits per heavy atom. The smallest absolute Gasteiger partial charge is 0.339 e. The second-order valence-corrected chi connectivity index (χ2v) is 7.79. The number of ether oxygens (including phenoxy) is 1. The second-order valence-electron chi connectivity index (χ2n) is 7.79. The molecule has 7 nitrogen and oxygen atoms in total. The summed E-state index contributed by atoms with van der Waals surface area (Å²) < 4.78 is 5.35. The first-order chi connectivity index (χ1) is 14.9. The Morgan fingerprint density at radius 2 is 1.97 bits per heavy atom. The van der Waals surface area contributed by atoms with Crippen molar-refractivity contribution in [2.24, 2.45) is 5.92 Å². The Hall–Kier alpha value is -3.74. The summed E-state index contributed by atoms with van der Waals surface area (Å²) in [6.07, 6.45) is 2.57. The number of rotatable bonds is 5. The molecule has 2 aromatic carbocycles. The number of carbonyl (C=O) groups is 3. The predicted molar refractivity (Wildman–Crippen MR) is 115 cm³/mol. The van der Waals surface area contributed by atoms with Gasteiger partial charge in [-0.3, -0.25) is 9.78 Å². The Morgan fingerprint density at radius 1 is 1.16 bits per heavy atom. The third-order valence-corrected chi connectivity index (χ3v) is 5.44. The largest absolute Gasteiger partial charge is 0.478 e. The van der Waals surface area contributed by atoms with Gasteiger partial charge in [0.2, 0.25) is 0 Å². The van der Waals surface area contributed by atoms with E-state index < -0.39 is 24.5 Å². The van der Waals surface area contributed by atoms with Crippen molar-refractivity contribution in [1.29, 1.82) is 0 Å². The number of nitrogens with one attached hydrogen (secondary N) is 1. The Bertz CT molecular complexity index is 1190. The summed E-state index contributed by atoms with van der Waals surface area (Å²) in [5.74, 6) is -1.76. The van der Waals surface area contributed by atoms with E-state index in [9.17, 15) is 14.4 Å². The van der Waals surface area contributed by atoms with Crippen molar-refractivity contribution in [3.05, 3.63) is 70.9 Å².